The van der Waals surface area contributed by atoms with Crippen molar-refractivity contribution in [3.05, 3.63) is 140 Å². The summed E-state index contributed by atoms with van der Waals surface area (Å²) >= 11 is 0. The van der Waals surface area contributed by atoms with Crippen LogP contribution in [-0.4, -0.2) is 24.9 Å². The summed E-state index contributed by atoms with van der Waals surface area (Å²) in [6.07, 6.45) is 6.63. The van der Waals surface area contributed by atoms with Crippen LogP contribution in [0.25, 0.3) is 55.4 Å². The van der Waals surface area contributed by atoms with Gasteiger partial charge in [-0.1, -0.05) is 91.7 Å². The Balaban J connectivity index is 0.000000174. The first-order chi connectivity index (χ1) is 20.5. The second kappa shape index (κ2) is 13.1. The molecule has 0 saturated heterocycles. The number of benzene rings is 4. The van der Waals surface area contributed by atoms with E-state index in [2.05, 4.69) is 118 Å². The molecule has 213 valence electrons. The van der Waals surface area contributed by atoms with Crippen molar-refractivity contribution in [2.24, 2.45) is 0 Å². The van der Waals surface area contributed by atoms with Crippen molar-refractivity contribution >= 4 is 21.5 Å². The molecule has 0 atom stereocenters. The van der Waals surface area contributed by atoms with Gasteiger partial charge < -0.3 is 9.97 Å². The molecule has 0 spiro atoms. The summed E-state index contributed by atoms with van der Waals surface area (Å²) in [5, 5.41) is 5.00. The van der Waals surface area contributed by atoms with Crippen molar-refractivity contribution in [2.45, 2.75) is 26.2 Å². The topological polar surface area (TPSA) is 64.5 Å². The number of nitrogens with zero attached hydrogens (tertiary/aromatic N) is 5. The number of fused-ring (bicyclic) bond motifs is 3. The molecule has 0 aliphatic carbocycles. The van der Waals surface area contributed by atoms with E-state index < -0.39 is 0 Å². The van der Waals surface area contributed by atoms with Crippen molar-refractivity contribution in [2.75, 3.05) is 0 Å². The van der Waals surface area contributed by atoms with Crippen LogP contribution >= 0.6 is 0 Å². The Morgan fingerprint density at radius 3 is 2.14 bits per heavy atom. The molecule has 0 bridgehead atoms. The minimum absolute atomic E-state index is 0. The van der Waals surface area contributed by atoms with E-state index in [4.69, 9.17) is 0 Å². The summed E-state index contributed by atoms with van der Waals surface area (Å²) in [6, 6.07) is 39.5. The third kappa shape index (κ3) is 6.89. The van der Waals surface area contributed by atoms with E-state index in [-0.39, 0.29) is 25.5 Å². The van der Waals surface area contributed by atoms with Gasteiger partial charge in [0.2, 0.25) is 0 Å². The van der Waals surface area contributed by atoms with Gasteiger partial charge in [-0.2, -0.15) is 0 Å². The first-order valence-corrected chi connectivity index (χ1v) is 13.8. The number of rotatable bonds is 3. The predicted octanol–water partition coefficient (Wildman–Crippen LogP) is 8.55. The standard InChI is InChI=1S/C23H20N.C14H9N4.Ir/c1-23(2,3)19-12-13-24-22(15-19)18-10-11-21-17(14-18)9-8-16-6-4-5-7-20(16)21;1-2-7-16-13(6-1)11-4-3-5-12(8-11)14-17-9-15-10-18-14;/h4-9,11-15H,1-3H3;1-3,5-10H;/q2*-1;. The maximum atomic E-state index is 4.56. The van der Waals surface area contributed by atoms with Crippen LogP contribution < -0.4 is 0 Å². The fraction of sp³-hybridized carbons (Fsp3) is 0.108. The first-order valence-electron chi connectivity index (χ1n) is 13.8. The molecule has 0 unspecified atom stereocenters. The van der Waals surface area contributed by atoms with Crippen LogP contribution in [0.4, 0.5) is 0 Å². The smallest absolute Gasteiger partial charge is 0.144 e. The van der Waals surface area contributed by atoms with Gasteiger partial charge >= 0.3 is 0 Å². The van der Waals surface area contributed by atoms with Crippen LogP contribution in [0.5, 0.6) is 0 Å². The molecule has 43 heavy (non-hydrogen) atoms. The molecule has 0 aliphatic heterocycles. The fourth-order valence-electron chi connectivity index (χ4n) is 4.80. The number of hydrogen-bond acceptors (Lipinski definition) is 5. The minimum Gasteiger partial charge on any atom is -0.305 e. The monoisotopic (exact) mass is 736 g/mol. The molecule has 4 aromatic carbocycles. The van der Waals surface area contributed by atoms with Crippen LogP contribution in [0.1, 0.15) is 26.3 Å². The first kappa shape index (κ1) is 29.8. The molecule has 3 aromatic heterocycles. The van der Waals surface area contributed by atoms with E-state index in [9.17, 15) is 0 Å². The van der Waals surface area contributed by atoms with Crippen LogP contribution in [0, 0.1) is 12.1 Å². The van der Waals surface area contributed by atoms with Crippen molar-refractivity contribution in [1.29, 1.82) is 0 Å². The maximum Gasteiger partial charge on any atom is 0.144 e. The second-order valence-electron chi connectivity index (χ2n) is 11.0. The van der Waals surface area contributed by atoms with Gasteiger partial charge in [0.15, 0.2) is 0 Å². The van der Waals surface area contributed by atoms with E-state index >= 15 is 0 Å². The quantitative estimate of drug-likeness (QED) is 0.135. The van der Waals surface area contributed by atoms with Crippen LogP contribution in [-0.2, 0) is 25.5 Å². The Labute approximate surface area is 265 Å². The van der Waals surface area contributed by atoms with E-state index in [1.54, 1.807) is 6.20 Å². The van der Waals surface area contributed by atoms with Crippen molar-refractivity contribution in [3.8, 4) is 33.9 Å². The molecule has 7 rings (SSSR count). The molecule has 0 fully saturated rings. The van der Waals surface area contributed by atoms with Gasteiger partial charge in [0.25, 0.3) is 0 Å². The average Bonchev–Trinajstić information content (AvgIpc) is 3.05. The van der Waals surface area contributed by atoms with Crippen LogP contribution in [0.3, 0.4) is 0 Å². The zero-order valence-corrected chi connectivity index (χ0v) is 26.5. The molecular weight excluding hydrogens is 707 g/mol. The van der Waals surface area contributed by atoms with Crippen LogP contribution in [0.15, 0.2) is 122 Å². The van der Waals surface area contributed by atoms with Crippen LogP contribution in [0.2, 0.25) is 0 Å². The molecule has 3 heterocycles. The van der Waals surface area contributed by atoms with Gasteiger partial charge in [-0.3, -0.25) is 0 Å². The van der Waals surface area contributed by atoms with E-state index in [0.29, 0.717) is 5.82 Å². The van der Waals surface area contributed by atoms with Crippen molar-refractivity contribution in [3.63, 3.8) is 0 Å². The number of pyridine rings is 2. The molecule has 6 heteroatoms. The van der Waals surface area contributed by atoms with E-state index in [1.165, 1.54) is 39.8 Å². The third-order valence-corrected chi connectivity index (χ3v) is 7.07. The van der Waals surface area contributed by atoms with Gasteiger partial charge in [0.05, 0.1) is 0 Å². The Hall–Kier alpha value is -4.64. The van der Waals surface area contributed by atoms with Crippen molar-refractivity contribution < 1.29 is 20.1 Å². The SMILES string of the molecule is CC(C)(C)c1ccnc(-c2[c-]cc3c(ccc4ccccc43)c2)c1.[Ir].[c-]1ccc(-c2ncncn2)cc1-c1ccccn1. The average molecular weight is 736 g/mol. The molecule has 0 N–H and O–H groups in total. The molecule has 7 aromatic rings. The molecule has 1 radical (unpaired) electrons. The van der Waals surface area contributed by atoms with E-state index in [0.717, 1.165) is 28.1 Å². The summed E-state index contributed by atoms with van der Waals surface area (Å²) in [5.41, 5.74) is 6.17. The normalized spacial score (nSPS) is 11.0. The van der Waals surface area contributed by atoms with Gasteiger partial charge in [0.1, 0.15) is 18.5 Å². The zero-order valence-electron chi connectivity index (χ0n) is 24.1. The van der Waals surface area contributed by atoms with Gasteiger partial charge in [-0.25, -0.2) is 15.0 Å². The second-order valence-corrected chi connectivity index (χ2v) is 11.0. The number of aromatic nitrogens is 5. The van der Waals surface area contributed by atoms with Crippen molar-refractivity contribution in [1.82, 2.24) is 24.9 Å². The molecule has 5 nitrogen and oxygen atoms in total. The van der Waals surface area contributed by atoms with Gasteiger partial charge in [0, 0.05) is 32.5 Å². The van der Waals surface area contributed by atoms with E-state index in [1.807, 2.05) is 42.6 Å². The minimum atomic E-state index is 0. The largest absolute Gasteiger partial charge is 0.305 e. The van der Waals surface area contributed by atoms with Gasteiger partial charge in [-0.15, -0.1) is 59.0 Å². The Morgan fingerprint density at radius 2 is 1.35 bits per heavy atom. The molecule has 0 aliphatic rings. The Kier molecular flexibility index (Phi) is 9.10. The third-order valence-electron chi connectivity index (χ3n) is 7.07. The summed E-state index contributed by atoms with van der Waals surface area (Å²) in [4.78, 5) is 20.9. The zero-order chi connectivity index (χ0) is 28.9. The maximum absolute atomic E-state index is 4.56. The summed E-state index contributed by atoms with van der Waals surface area (Å²) in [5.74, 6) is 0.649. The molecule has 0 amide bonds. The fourth-order valence-corrected chi connectivity index (χ4v) is 4.80. The molecular formula is C37H29IrN5-2. The Bertz CT molecular complexity index is 1910. The number of hydrogen-bond donors (Lipinski definition) is 0. The summed E-state index contributed by atoms with van der Waals surface area (Å²) < 4.78 is 0. The Morgan fingerprint density at radius 1 is 0.605 bits per heavy atom. The summed E-state index contributed by atoms with van der Waals surface area (Å²) in [7, 11) is 0. The molecule has 0 saturated carbocycles. The van der Waals surface area contributed by atoms with Gasteiger partial charge in [-0.05, 0) is 39.9 Å². The predicted molar refractivity (Wildman–Crippen MR) is 170 cm³/mol. The summed E-state index contributed by atoms with van der Waals surface area (Å²) in [6.45, 7) is 6.67.